The molecule has 0 spiro atoms. The van der Waals surface area contributed by atoms with E-state index in [1.54, 1.807) is 0 Å². The lowest BCUT2D eigenvalue weighted by atomic mass is 10.1. The minimum atomic E-state index is -0.384. The van der Waals surface area contributed by atoms with Crippen molar-refractivity contribution >= 4 is 11.8 Å². The van der Waals surface area contributed by atoms with Crippen LogP contribution in [0.2, 0.25) is 0 Å². The van der Waals surface area contributed by atoms with Gasteiger partial charge in [0.25, 0.3) is 0 Å². The molecule has 1 aromatic carbocycles. The van der Waals surface area contributed by atoms with Crippen LogP contribution in [-0.2, 0) is 4.74 Å². The Morgan fingerprint density at radius 2 is 1.63 bits per heavy atom. The van der Waals surface area contributed by atoms with Gasteiger partial charge in [-0.2, -0.15) is 0 Å². The molecule has 1 amide bonds. The molecular formula is C22H37N2O3+. The number of hydrogen-bond acceptors (Lipinski definition) is 3. The van der Waals surface area contributed by atoms with Gasteiger partial charge in [-0.1, -0.05) is 45.4 Å². The number of amides is 1. The van der Waals surface area contributed by atoms with Gasteiger partial charge < -0.3 is 14.4 Å². The molecule has 1 aliphatic rings. The van der Waals surface area contributed by atoms with Crippen molar-refractivity contribution in [1.82, 2.24) is 0 Å². The van der Waals surface area contributed by atoms with Gasteiger partial charge in [-0.15, -0.1) is 0 Å². The second-order valence-corrected chi connectivity index (χ2v) is 7.46. The van der Waals surface area contributed by atoms with Crippen LogP contribution in [0.3, 0.4) is 0 Å². The van der Waals surface area contributed by atoms with Crippen LogP contribution < -0.4 is 15.0 Å². The van der Waals surface area contributed by atoms with Gasteiger partial charge in [0.15, 0.2) is 0 Å². The maximum Gasteiger partial charge on any atom is 0.411 e. The van der Waals surface area contributed by atoms with Crippen LogP contribution in [0.5, 0.6) is 5.75 Å². The van der Waals surface area contributed by atoms with Gasteiger partial charge in [0.2, 0.25) is 0 Å². The molecule has 2 rings (SSSR count). The number of carbonyl (C=O) groups is 1. The number of hydrogen-bond donors (Lipinski definition) is 2. The van der Waals surface area contributed by atoms with Gasteiger partial charge >= 0.3 is 6.09 Å². The van der Waals surface area contributed by atoms with Crippen molar-refractivity contribution in [2.24, 2.45) is 0 Å². The first-order valence-corrected chi connectivity index (χ1v) is 10.8. The molecule has 0 saturated carbocycles. The quantitative estimate of drug-likeness (QED) is 0.510. The first-order valence-electron chi connectivity index (χ1n) is 10.8. The topological polar surface area (TPSA) is 52.0 Å². The summed E-state index contributed by atoms with van der Waals surface area (Å²) in [6.07, 6.45) is 11.2. The van der Waals surface area contributed by atoms with E-state index in [-0.39, 0.29) is 6.09 Å². The van der Waals surface area contributed by atoms with Crippen LogP contribution in [0.4, 0.5) is 10.5 Å². The summed E-state index contributed by atoms with van der Waals surface area (Å²) in [4.78, 5) is 13.4. The molecule has 0 aliphatic carbocycles. The number of benzene rings is 1. The summed E-state index contributed by atoms with van der Waals surface area (Å²) in [5, 5.41) is 2.77. The molecule has 1 aromatic rings. The van der Waals surface area contributed by atoms with Crippen LogP contribution in [0.15, 0.2) is 24.3 Å². The molecular weight excluding hydrogens is 340 g/mol. The Labute approximate surface area is 164 Å². The average Bonchev–Trinajstić information content (AvgIpc) is 3.19. The number of anilines is 1. The van der Waals surface area contributed by atoms with Gasteiger partial charge in [-0.05, 0) is 30.7 Å². The van der Waals surface area contributed by atoms with E-state index >= 15 is 0 Å². The first-order chi connectivity index (χ1) is 13.3. The van der Waals surface area contributed by atoms with E-state index in [2.05, 4.69) is 12.2 Å². The van der Waals surface area contributed by atoms with Crippen molar-refractivity contribution in [2.75, 3.05) is 38.2 Å². The molecule has 1 heterocycles. The zero-order valence-corrected chi connectivity index (χ0v) is 16.9. The minimum absolute atomic E-state index is 0.384. The highest BCUT2D eigenvalue weighted by Crippen LogP contribution is 2.16. The molecule has 1 saturated heterocycles. The molecule has 5 heteroatoms. The van der Waals surface area contributed by atoms with Gasteiger partial charge in [0, 0.05) is 18.5 Å². The van der Waals surface area contributed by atoms with Crippen molar-refractivity contribution in [2.45, 2.75) is 64.7 Å². The number of rotatable bonds is 13. The first kappa shape index (κ1) is 21.5. The van der Waals surface area contributed by atoms with Gasteiger partial charge in [-0.3, -0.25) is 5.32 Å². The summed E-state index contributed by atoms with van der Waals surface area (Å²) in [6.45, 7) is 6.77. The van der Waals surface area contributed by atoms with Gasteiger partial charge in [-0.25, -0.2) is 4.79 Å². The van der Waals surface area contributed by atoms with Gasteiger partial charge in [0.05, 0.1) is 19.7 Å². The molecule has 0 atom stereocenters. The van der Waals surface area contributed by atoms with Crippen LogP contribution in [0, 0.1) is 0 Å². The van der Waals surface area contributed by atoms with E-state index in [1.807, 2.05) is 24.3 Å². The zero-order valence-electron chi connectivity index (χ0n) is 16.9. The van der Waals surface area contributed by atoms with E-state index in [1.165, 1.54) is 69.4 Å². The number of unbranched alkanes of at least 4 members (excludes halogenated alkanes) is 6. The Hall–Kier alpha value is -1.75. The van der Waals surface area contributed by atoms with Crippen molar-refractivity contribution < 1.29 is 19.2 Å². The number of ether oxygens (including phenoxy) is 2. The van der Waals surface area contributed by atoms with E-state index in [9.17, 15) is 4.79 Å². The predicted molar refractivity (Wildman–Crippen MR) is 110 cm³/mol. The number of carbonyl (C=O) groups excluding carboxylic acids is 1. The third-order valence-corrected chi connectivity index (χ3v) is 5.12. The van der Waals surface area contributed by atoms with E-state index < -0.39 is 0 Å². The van der Waals surface area contributed by atoms with Crippen LogP contribution in [0.25, 0.3) is 0 Å². The molecule has 2 N–H and O–H groups in total. The SMILES string of the molecule is CCCCCCCCCOc1ccc(NC(=O)OCC[NH+]2CCCC2)cc1. The number of nitrogens with one attached hydrogen (secondary N) is 2. The normalized spacial score (nSPS) is 14.3. The lowest BCUT2D eigenvalue weighted by Crippen LogP contribution is -3.10. The molecule has 0 bridgehead atoms. The maximum atomic E-state index is 11.8. The third kappa shape index (κ3) is 9.66. The third-order valence-electron chi connectivity index (χ3n) is 5.12. The van der Waals surface area contributed by atoms with E-state index in [0.717, 1.165) is 31.0 Å². The second kappa shape index (κ2) is 13.4. The van der Waals surface area contributed by atoms with Crippen LogP contribution >= 0.6 is 0 Å². The number of quaternary nitrogens is 1. The second-order valence-electron chi connectivity index (χ2n) is 7.46. The molecule has 27 heavy (non-hydrogen) atoms. The van der Waals surface area contributed by atoms with E-state index in [0.29, 0.717) is 6.61 Å². The Bertz CT molecular complexity index is 513. The van der Waals surface area contributed by atoms with Crippen LogP contribution in [-0.4, -0.2) is 38.9 Å². The highest BCUT2D eigenvalue weighted by atomic mass is 16.5. The summed E-state index contributed by atoms with van der Waals surface area (Å²) in [6, 6.07) is 7.50. The fourth-order valence-corrected chi connectivity index (χ4v) is 3.45. The monoisotopic (exact) mass is 377 g/mol. The summed E-state index contributed by atoms with van der Waals surface area (Å²) in [7, 11) is 0. The Morgan fingerprint density at radius 1 is 0.963 bits per heavy atom. The summed E-state index contributed by atoms with van der Waals surface area (Å²) in [5.41, 5.74) is 0.733. The van der Waals surface area contributed by atoms with Crippen molar-refractivity contribution in [1.29, 1.82) is 0 Å². The van der Waals surface area contributed by atoms with Crippen molar-refractivity contribution in [3.8, 4) is 5.75 Å². The van der Waals surface area contributed by atoms with Crippen molar-refractivity contribution in [3.05, 3.63) is 24.3 Å². The fraction of sp³-hybridized carbons (Fsp3) is 0.682. The highest BCUT2D eigenvalue weighted by molar-refractivity contribution is 5.84. The molecule has 1 fully saturated rings. The minimum Gasteiger partial charge on any atom is -0.494 e. The number of likely N-dealkylation sites (tertiary alicyclic amines) is 1. The maximum absolute atomic E-state index is 11.8. The fourth-order valence-electron chi connectivity index (χ4n) is 3.45. The molecule has 5 nitrogen and oxygen atoms in total. The van der Waals surface area contributed by atoms with E-state index in [4.69, 9.17) is 9.47 Å². The lowest BCUT2D eigenvalue weighted by Gasteiger charge is -2.12. The average molecular weight is 378 g/mol. The van der Waals surface area contributed by atoms with Crippen LogP contribution in [0.1, 0.15) is 64.7 Å². The van der Waals surface area contributed by atoms with Crippen molar-refractivity contribution in [3.63, 3.8) is 0 Å². The molecule has 152 valence electrons. The largest absolute Gasteiger partial charge is 0.494 e. The summed E-state index contributed by atoms with van der Waals surface area (Å²) >= 11 is 0. The molecule has 1 aliphatic heterocycles. The Kier molecular flexibility index (Phi) is 10.7. The summed E-state index contributed by atoms with van der Waals surface area (Å²) in [5.74, 6) is 0.845. The zero-order chi connectivity index (χ0) is 19.2. The molecule has 0 radical (unpaired) electrons. The summed E-state index contributed by atoms with van der Waals surface area (Å²) < 4.78 is 11.0. The Morgan fingerprint density at radius 3 is 2.33 bits per heavy atom. The smallest absolute Gasteiger partial charge is 0.411 e. The Balaban J connectivity index is 1.52. The predicted octanol–water partition coefficient (Wildman–Crippen LogP) is 4.04. The highest BCUT2D eigenvalue weighted by Gasteiger charge is 2.15. The molecule has 0 aromatic heterocycles. The lowest BCUT2D eigenvalue weighted by molar-refractivity contribution is -0.887. The van der Waals surface area contributed by atoms with Gasteiger partial charge in [0.1, 0.15) is 18.9 Å². The standard InChI is InChI=1S/C22H36N2O3/c1-2-3-4-5-6-7-10-18-26-21-13-11-20(12-14-21)23-22(25)27-19-17-24-15-8-9-16-24/h11-14H,2-10,15-19H2,1H3,(H,23,25)/p+1. The molecule has 0 unspecified atom stereocenters.